The Morgan fingerprint density at radius 3 is 2.81 bits per heavy atom. The number of carboxylic acid groups (broad SMARTS) is 1. The fraction of sp³-hybridized carbons (Fsp3) is 0.467. The van der Waals surface area contributed by atoms with E-state index in [0.29, 0.717) is 25.4 Å². The topological polar surface area (TPSA) is 70.1 Å². The highest BCUT2D eigenvalue weighted by atomic mass is 16.5. The smallest absolute Gasteiger partial charge is 0.337 e. The van der Waals surface area contributed by atoms with Crippen molar-refractivity contribution in [2.24, 2.45) is 0 Å². The number of carbonyl (C=O) groups is 2. The molecule has 0 spiro atoms. The van der Waals surface area contributed by atoms with Crippen LogP contribution in [0.3, 0.4) is 0 Å². The van der Waals surface area contributed by atoms with Gasteiger partial charge in [0.1, 0.15) is 0 Å². The van der Waals surface area contributed by atoms with Crippen LogP contribution in [0.2, 0.25) is 0 Å². The lowest BCUT2D eigenvalue weighted by Crippen LogP contribution is -2.44. The average molecular weight is 292 g/mol. The van der Waals surface area contributed by atoms with Crippen molar-refractivity contribution in [3.63, 3.8) is 0 Å². The Labute approximate surface area is 123 Å². The summed E-state index contributed by atoms with van der Waals surface area (Å²) in [5, 5.41) is 9.22. The molecule has 0 saturated carbocycles. The molecule has 6 nitrogen and oxygen atoms in total. The predicted molar refractivity (Wildman–Crippen MR) is 78.8 cm³/mol. The predicted octanol–water partition coefficient (Wildman–Crippen LogP) is 2.05. The van der Waals surface area contributed by atoms with Gasteiger partial charge < -0.3 is 14.7 Å². The molecule has 1 aliphatic rings. The minimum absolute atomic E-state index is 0.0143. The summed E-state index contributed by atoms with van der Waals surface area (Å²) in [7, 11) is 1.60. The molecule has 0 radical (unpaired) electrons. The molecule has 0 aromatic heterocycles. The van der Waals surface area contributed by atoms with Gasteiger partial charge in [-0.25, -0.2) is 9.59 Å². The summed E-state index contributed by atoms with van der Waals surface area (Å²) < 4.78 is 5.52. The van der Waals surface area contributed by atoms with Crippen molar-refractivity contribution < 1.29 is 19.4 Å². The van der Waals surface area contributed by atoms with E-state index in [0.717, 1.165) is 6.42 Å². The van der Waals surface area contributed by atoms with Crippen LogP contribution in [0.4, 0.5) is 10.5 Å². The zero-order valence-electron chi connectivity index (χ0n) is 12.3. The van der Waals surface area contributed by atoms with Gasteiger partial charge in [0.05, 0.1) is 17.4 Å². The summed E-state index contributed by atoms with van der Waals surface area (Å²) in [4.78, 5) is 26.9. The minimum atomic E-state index is -1.04. The lowest BCUT2D eigenvalue weighted by atomic mass is 10.1. The third-order valence-corrected chi connectivity index (χ3v) is 3.51. The van der Waals surface area contributed by atoms with Crippen molar-refractivity contribution in [1.29, 1.82) is 0 Å². The van der Waals surface area contributed by atoms with E-state index >= 15 is 0 Å². The number of hydrogen-bond acceptors (Lipinski definition) is 3. The molecule has 6 heteroatoms. The third kappa shape index (κ3) is 3.52. The molecule has 1 saturated heterocycles. The number of nitrogens with zero attached hydrogens (tertiary/aromatic N) is 2. The molecule has 2 amide bonds. The highest BCUT2D eigenvalue weighted by Gasteiger charge is 2.25. The Morgan fingerprint density at radius 2 is 2.10 bits per heavy atom. The van der Waals surface area contributed by atoms with Gasteiger partial charge in [-0.3, -0.25) is 4.90 Å². The van der Waals surface area contributed by atoms with Gasteiger partial charge in [-0.05, 0) is 25.5 Å². The van der Waals surface area contributed by atoms with Gasteiger partial charge in [-0.1, -0.05) is 12.1 Å². The van der Waals surface area contributed by atoms with E-state index in [1.54, 1.807) is 30.1 Å². The van der Waals surface area contributed by atoms with Crippen LogP contribution in [-0.2, 0) is 4.74 Å². The Bertz CT molecular complexity index is 532. The van der Waals surface area contributed by atoms with Gasteiger partial charge in [0.15, 0.2) is 0 Å². The Morgan fingerprint density at radius 1 is 1.38 bits per heavy atom. The van der Waals surface area contributed by atoms with Crippen molar-refractivity contribution in [2.45, 2.75) is 19.4 Å². The molecule has 1 atom stereocenters. The van der Waals surface area contributed by atoms with E-state index in [1.165, 1.54) is 11.0 Å². The highest BCUT2D eigenvalue weighted by molar-refractivity contribution is 6.01. The maximum Gasteiger partial charge on any atom is 0.337 e. The zero-order valence-corrected chi connectivity index (χ0v) is 12.3. The average Bonchev–Trinajstić information content (AvgIpc) is 2.70. The first-order valence-electron chi connectivity index (χ1n) is 6.97. The molecule has 1 fully saturated rings. The largest absolute Gasteiger partial charge is 0.478 e. The molecule has 0 aliphatic carbocycles. The highest BCUT2D eigenvalue weighted by Crippen LogP contribution is 2.21. The second-order valence-electron chi connectivity index (χ2n) is 5.14. The number of hydrogen-bond donors (Lipinski definition) is 1. The van der Waals surface area contributed by atoms with Crippen molar-refractivity contribution in [1.82, 2.24) is 4.90 Å². The second-order valence-corrected chi connectivity index (χ2v) is 5.14. The van der Waals surface area contributed by atoms with Crippen LogP contribution < -0.4 is 4.90 Å². The Balaban J connectivity index is 2.21. The lowest BCUT2D eigenvalue weighted by Gasteiger charge is -2.28. The first-order valence-corrected chi connectivity index (χ1v) is 6.97. The molecular weight excluding hydrogens is 272 g/mol. The summed E-state index contributed by atoms with van der Waals surface area (Å²) in [6.45, 7) is 3.69. The number of para-hydroxylation sites is 1. The van der Waals surface area contributed by atoms with Crippen LogP contribution in [0, 0.1) is 0 Å². The number of ether oxygens (including phenoxy) is 1. The van der Waals surface area contributed by atoms with Crippen LogP contribution in [0.5, 0.6) is 0 Å². The third-order valence-electron chi connectivity index (χ3n) is 3.51. The first kappa shape index (κ1) is 15.3. The van der Waals surface area contributed by atoms with Gasteiger partial charge in [0.2, 0.25) is 0 Å². The number of urea groups is 1. The number of carboxylic acids is 1. The van der Waals surface area contributed by atoms with Crippen molar-refractivity contribution in [3.8, 4) is 0 Å². The van der Waals surface area contributed by atoms with E-state index in [9.17, 15) is 14.7 Å². The summed E-state index contributed by atoms with van der Waals surface area (Å²) in [5.41, 5.74) is 0.514. The standard InChI is InChI=1S/C15H20N2O4/c1-11-10-17(8-5-9-21-11)15(20)16(2)13-7-4-3-6-12(13)14(18)19/h3-4,6-7,11H,5,8-10H2,1-2H3,(H,18,19). The molecule has 2 rings (SSSR count). The summed E-state index contributed by atoms with van der Waals surface area (Å²) in [6, 6.07) is 6.29. The van der Waals surface area contributed by atoms with E-state index in [-0.39, 0.29) is 17.7 Å². The fourth-order valence-electron chi connectivity index (χ4n) is 2.43. The van der Waals surface area contributed by atoms with Crippen molar-refractivity contribution in [2.75, 3.05) is 31.6 Å². The zero-order chi connectivity index (χ0) is 15.4. The van der Waals surface area contributed by atoms with Crippen LogP contribution in [0.15, 0.2) is 24.3 Å². The number of anilines is 1. The van der Waals surface area contributed by atoms with Gasteiger partial charge in [-0.15, -0.1) is 0 Å². The summed E-state index contributed by atoms with van der Waals surface area (Å²) in [5.74, 6) is -1.04. The van der Waals surface area contributed by atoms with Crippen LogP contribution in [0.1, 0.15) is 23.7 Å². The molecule has 1 aliphatic heterocycles. The van der Waals surface area contributed by atoms with Gasteiger partial charge in [0, 0.05) is 26.7 Å². The maximum absolute atomic E-state index is 12.6. The molecule has 1 aromatic rings. The number of aromatic carboxylic acids is 1. The molecule has 114 valence electrons. The van der Waals surface area contributed by atoms with Gasteiger partial charge >= 0.3 is 12.0 Å². The van der Waals surface area contributed by atoms with Crippen LogP contribution in [-0.4, -0.2) is 54.9 Å². The van der Waals surface area contributed by atoms with E-state index in [4.69, 9.17) is 4.74 Å². The van der Waals surface area contributed by atoms with Gasteiger partial charge in [-0.2, -0.15) is 0 Å². The minimum Gasteiger partial charge on any atom is -0.478 e. The molecule has 1 unspecified atom stereocenters. The van der Waals surface area contributed by atoms with Crippen LogP contribution in [0.25, 0.3) is 0 Å². The molecule has 21 heavy (non-hydrogen) atoms. The monoisotopic (exact) mass is 292 g/mol. The molecule has 1 heterocycles. The Kier molecular flexibility index (Phi) is 4.80. The molecule has 1 N–H and O–H groups in total. The molecular formula is C15H20N2O4. The summed E-state index contributed by atoms with van der Waals surface area (Å²) in [6.07, 6.45) is 0.768. The number of rotatable bonds is 2. The van der Waals surface area contributed by atoms with Crippen LogP contribution >= 0.6 is 0 Å². The Hall–Kier alpha value is -2.08. The lowest BCUT2D eigenvalue weighted by molar-refractivity contribution is 0.0695. The SMILES string of the molecule is CC1CN(C(=O)N(C)c2ccccc2C(=O)O)CCCO1. The van der Waals surface area contributed by atoms with Crippen molar-refractivity contribution in [3.05, 3.63) is 29.8 Å². The normalized spacial score (nSPS) is 19.0. The van der Waals surface area contributed by atoms with E-state index in [1.807, 2.05) is 6.92 Å². The molecule has 1 aromatic carbocycles. The number of benzene rings is 1. The molecule has 0 bridgehead atoms. The first-order chi connectivity index (χ1) is 10.0. The number of carbonyl (C=O) groups excluding carboxylic acids is 1. The maximum atomic E-state index is 12.6. The summed E-state index contributed by atoms with van der Waals surface area (Å²) >= 11 is 0. The number of amides is 2. The fourth-order valence-corrected chi connectivity index (χ4v) is 2.43. The van der Waals surface area contributed by atoms with E-state index < -0.39 is 5.97 Å². The second kappa shape index (κ2) is 6.58. The quantitative estimate of drug-likeness (QED) is 0.905. The van der Waals surface area contributed by atoms with Gasteiger partial charge in [0.25, 0.3) is 0 Å². The van der Waals surface area contributed by atoms with Crippen molar-refractivity contribution >= 4 is 17.7 Å². The van der Waals surface area contributed by atoms with E-state index in [2.05, 4.69) is 0 Å².